The number of nitrogens with zero attached hydrogens (tertiary/aromatic N) is 2. The average Bonchev–Trinajstić information content (AvgIpc) is 2.45. The van der Waals surface area contributed by atoms with Crippen molar-refractivity contribution in [3.8, 4) is 0 Å². The van der Waals surface area contributed by atoms with E-state index in [2.05, 4.69) is 48.1 Å². The number of carbonyl (C=O) groups is 1. The van der Waals surface area contributed by atoms with Crippen LogP contribution in [0.4, 0.5) is 0 Å². The van der Waals surface area contributed by atoms with Gasteiger partial charge < -0.3 is 5.11 Å². The smallest absolute Gasteiger partial charge is 0.339 e. The van der Waals surface area contributed by atoms with E-state index >= 15 is 0 Å². The van der Waals surface area contributed by atoms with E-state index in [9.17, 15) is 4.79 Å². The summed E-state index contributed by atoms with van der Waals surface area (Å²) in [5.74, 6) is 0.0384. The fourth-order valence-corrected chi connectivity index (χ4v) is 2.61. The largest absolute Gasteiger partial charge is 0.478 e. The van der Waals surface area contributed by atoms with Crippen LogP contribution >= 0.6 is 11.8 Å². The van der Waals surface area contributed by atoms with E-state index in [0.717, 1.165) is 4.90 Å². The van der Waals surface area contributed by atoms with Crippen LogP contribution in [-0.2, 0) is 5.75 Å². The molecule has 0 atom stereocenters. The van der Waals surface area contributed by atoms with E-state index in [1.165, 1.54) is 18.1 Å². The first-order valence-corrected chi connectivity index (χ1v) is 7.31. The fraction of sp³-hybridized carbons (Fsp3) is 0.267. The second kappa shape index (κ2) is 6.52. The summed E-state index contributed by atoms with van der Waals surface area (Å²) in [5.41, 5.74) is 2.01. The fourth-order valence-electron chi connectivity index (χ4n) is 1.75. The zero-order valence-electron chi connectivity index (χ0n) is 11.4. The molecule has 0 spiro atoms. The Morgan fingerprint density at radius 3 is 2.60 bits per heavy atom. The Kier molecular flexibility index (Phi) is 4.74. The molecule has 4 nitrogen and oxygen atoms in total. The van der Waals surface area contributed by atoms with Crippen molar-refractivity contribution < 1.29 is 9.90 Å². The zero-order chi connectivity index (χ0) is 14.5. The second-order valence-electron chi connectivity index (χ2n) is 4.70. The van der Waals surface area contributed by atoms with E-state index in [1.54, 1.807) is 11.8 Å². The molecule has 5 heteroatoms. The summed E-state index contributed by atoms with van der Waals surface area (Å²) in [6.07, 6.45) is 2.72. The molecule has 0 bridgehead atoms. The topological polar surface area (TPSA) is 63.1 Å². The van der Waals surface area contributed by atoms with Gasteiger partial charge in [-0.3, -0.25) is 0 Å². The molecule has 1 heterocycles. The highest BCUT2D eigenvalue weighted by molar-refractivity contribution is 7.98. The van der Waals surface area contributed by atoms with Crippen molar-refractivity contribution in [2.75, 3.05) is 0 Å². The number of benzene rings is 1. The number of carboxylic acids is 1. The van der Waals surface area contributed by atoms with Crippen LogP contribution in [0.25, 0.3) is 0 Å². The van der Waals surface area contributed by atoms with Crippen LogP contribution in [0.1, 0.15) is 41.4 Å². The molecule has 1 aromatic heterocycles. The van der Waals surface area contributed by atoms with Crippen LogP contribution in [0, 0.1) is 0 Å². The van der Waals surface area contributed by atoms with Gasteiger partial charge >= 0.3 is 5.97 Å². The quantitative estimate of drug-likeness (QED) is 0.852. The Morgan fingerprint density at radius 2 is 2.00 bits per heavy atom. The van der Waals surface area contributed by atoms with Crippen LogP contribution in [0.15, 0.2) is 41.7 Å². The Balaban J connectivity index is 2.07. The van der Waals surface area contributed by atoms with Crippen molar-refractivity contribution in [3.05, 3.63) is 53.6 Å². The van der Waals surface area contributed by atoms with Crippen molar-refractivity contribution in [2.24, 2.45) is 0 Å². The number of carboxylic acid groups (broad SMARTS) is 1. The minimum Gasteiger partial charge on any atom is -0.478 e. The number of hydrogen-bond donors (Lipinski definition) is 1. The van der Waals surface area contributed by atoms with E-state index in [-0.39, 0.29) is 5.56 Å². The summed E-state index contributed by atoms with van der Waals surface area (Å²) in [4.78, 5) is 20.0. The van der Waals surface area contributed by atoms with Gasteiger partial charge in [0.05, 0.1) is 5.69 Å². The zero-order valence-corrected chi connectivity index (χ0v) is 12.2. The number of aromatic nitrogens is 2. The van der Waals surface area contributed by atoms with Gasteiger partial charge in [0, 0.05) is 16.8 Å². The van der Waals surface area contributed by atoms with Crippen molar-refractivity contribution in [3.63, 3.8) is 0 Å². The first-order chi connectivity index (χ1) is 9.58. The number of aromatic carboxylic acids is 1. The molecule has 0 saturated heterocycles. The van der Waals surface area contributed by atoms with Crippen molar-refractivity contribution in [2.45, 2.75) is 30.4 Å². The van der Waals surface area contributed by atoms with Crippen molar-refractivity contribution >= 4 is 17.7 Å². The maximum atomic E-state index is 11.1. The molecule has 0 unspecified atom stereocenters. The normalized spacial score (nSPS) is 10.8. The lowest BCUT2D eigenvalue weighted by molar-refractivity contribution is 0.0695. The molecule has 20 heavy (non-hydrogen) atoms. The van der Waals surface area contributed by atoms with Crippen molar-refractivity contribution in [1.29, 1.82) is 0 Å². The molecule has 2 rings (SSSR count). The molecule has 2 aromatic rings. The first kappa shape index (κ1) is 14.5. The Morgan fingerprint density at radius 1 is 1.30 bits per heavy atom. The third kappa shape index (κ3) is 3.57. The summed E-state index contributed by atoms with van der Waals surface area (Å²) >= 11 is 1.57. The predicted molar refractivity (Wildman–Crippen MR) is 79.1 cm³/mol. The maximum Gasteiger partial charge on any atom is 0.339 e. The highest BCUT2D eigenvalue weighted by Gasteiger charge is 2.11. The number of rotatable bonds is 5. The minimum atomic E-state index is -0.989. The molecular formula is C15H16N2O2S. The van der Waals surface area contributed by atoms with Gasteiger partial charge in [-0.2, -0.15) is 0 Å². The van der Waals surface area contributed by atoms with Crippen LogP contribution in [-0.4, -0.2) is 21.0 Å². The molecule has 0 saturated carbocycles. The standard InChI is InChI=1S/C15H16N2O2S/c1-10(2)11-3-5-12(6-4-11)20-8-14-13(15(18)19)7-16-9-17-14/h3-7,9-10H,8H2,1-2H3,(H,18,19). The van der Waals surface area contributed by atoms with E-state index in [4.69, 9.17) is 5.11 Å². The summed E-state index contributed by atoms with van der Waals surface area (Å²) in [6, 6.07) is 8.32. The van der Waals surface area contributed by atoms with Gasteiger partial charge in [0.2, 0.25) is 0 Å². The van der Waals surface area contributed by atoms with E-state index < -0.39 is 5.97 Å². The lowest BCUT2D eigenvalue weighted by Crippen LogP contribution is -2.04. The molecule has 0 radical (unpaired) electrons. The number of thioether (sulfide) groups is 1. The van der Waals surface area contributed by atoms with E-state index in [0.29, 0.717) is 17.4 Å². The van der Waals surface area contributed by atoms with Gasteiger partial charge in [0.15, 0.2) is 0 Å². The van der Waals surface area contributed by atoms with Gasteiger partial charge in [0.25, 0.3) is 0 Å². The molecule has 0 fully saturated rings. The molecular weight excluding hydrogens is 272 g/mol. The summed E-state index contributed by atoms with van der Waals surface area (Å²) in [7, 11) is 0. The monoisotopic (exact) mass is 288 g/mol. The molecule has 1 aromatic carbocycles. The van der Waals surface area contributed by atoms with Gasteiger partial charge in [-0.1, -0.05) is 26.0 Å². The average molecular weight is 288 g/mol. The highest BCUT2D eigenvalue weighted by Crippen LogP contribution is 2.25. The lowest BCUT2D eigenvalue weighted by Gasteiger charge is -2.07. The van der Waals surface area contributed by atoms with Crippen LogP contribution in [0.2, 0.25) is 0 Å². The summed E-state index contributed by atoms with van der Waals surface area (Å²) < 4.78 is 0. The van der Waals surface area contributed by atoms with Gasteiger partial charge in [-0.25, -0.2) is 14.8 Å². The van der Waals surface area contributed by atoms with Gasteiger partial charge in [-0.15, -0.1) is 11.8 Å². The third-order valence-electron chi connectivity index (χ3n) is 2.95. The SMILES string of the molecule is CC(C)c1ccc(SCc2ncncc2C(=O)O)cc1. The van der Waals surface area contributed by atoms with Crippen LogP contribution < -0.4 is 0 Å². The number of hydrogen-bond acceptors (Lipinski definition) is 4. The highest BCUT2D eigenvalue weighted by atomic mass is 32.2. The van der Waals surface area contributed by atoms with Crippen molar-refractivity contribution in [1.82, 2.24) is 9.97 Å². The minimum absolute atomic E-state index is 0.166. The molecule has 0 aliphatic carbocycles. The summed E-state index contributed by atoms with van der Waals surface area (Å²) in [5, 5.41) is 9.07. The third-order valence-corrected chi connectivity index (χ3v) is 3.97. The molecule has 0 aliphatic heterocycles. The summed E-state index contributed by atoms with van der Waals surface area (Å²) in [6.45, 7) is 4.31. The van der Waals surface area contributed by atoms with E-state index in [1.807, 2.05) is 0 Å². The maximum absolute atomic E-state index is 11.1. The predicted octanol–water partition coefficient (Wildman–Crippen LogP) is 3.59. The van der Waals surface area contributed by atoms with Gasteiger partial charge in [-0.05, 0) is 23.6 Å². The second-order valence-corrected chi connectivity index (χ2v) is 5.75. The molecule has 104 valence electrons. The molecule has 0 amide bonds. The first-order valence-electron chi connectivity index (χ1n) is 6.33. The Labute approximate surface area is 122 Å². The Bertz CT molecular complexity index is 597. The Hall–Kier alpha value is -1.88. The van der Waals surface area contributed by atoms with Gasteiger partial charge in [0.1, 0.15) is 11.9 Å². The lowest BCUT2D eigenvalue weighted by atomic mass is 10.0. The molecule has 1 N–H and O–H groups in total. The van der Waals surface area contributed by atoms with Crippen LogP contribution in [0.5, 0.6) is 0 Å². The van der Waals surface area contributed by atoms with Crippen LogP contribution in [0.3, 0.4) is 0 Å². The molecule has 0 aliphatic rings.